The van der Waals surface area contributed by atoms with Crippen molar-refractivity contribution in [2.45, 2.75) is 142 Å². The predicted molar refractivity (Wildman–Crippen MR) is 260 cm³/mol. The average molecular weight is 835 g/mol. The molecule has 0 heterocycles. The second-order valence-corrected chi connectivity index (χ2v) is 14.1. The summed E-state index contributed by atoms with van der Waals surface area (Å²) in [7, 11) is 0. The normalized spacial score (nSPS) is 13.7. The molecule has 61 heavy (non-hydrogen) atoms. The van der Waals surface area contributed by atoms with Crippen molar-refractivity contribution in [3.8, 4) is 0 Å². The van der Waals surface area contributed by atoms with E-state index in [0.717, 1.165) is 77.0 Å². The number of carbonyl (C=O) groups excluding carboxylic acids is 3. The lowest BCUT2D eigenvalue weighted by atomic mass is 10.1. The Morgan fingerprint density at radius 3 is 1.00 bits per heavy atom. The van der Waals surface area contributed by atoms with Crippen molar-refractivity contribution in [3.05, 3.63) is 170 Å². The van der Waals surface area contributed by atoms with Gasteiger partial charge >= 0.3 is 17.9 Å². The number of allylic oxidation sites excluding steroid dienone is 28. The zero-order chi connectivity index (χ0) is 44.4. The molecule has 0 N–H and O–H groups in total. The van der Waals surface area contributed by atoms with E-state index in [1.54, 1.807) is 0 Å². The maximum atomic E-state index is 12.7. The first-order valence-electron chi connectivity index (χ1n) is 22.8. The van der Waals surface area contributed by atoms with Crippen LogP contribution in [0.3, 0.4) is 0 Å². The largest absolute Gasteiger partial charge is 0.462 e. The summed E-state index contributed by atoms with van der Waals surface area (Å²) in [5.74, 6) is -1.10. The molecular formula is C55H78O6. The molecule has 1 unspecified atom stereocenters. The van der Waals surface area contributed by atoms with Crippen molar-refractivity contribution in [1.29, 1.82) is 0 Å². The molecular weight excluding hydrogens is 757 g/mol. The highest BCUT2D eigenvalue weighted by Crippen LogP contribution is 2.11. The lowest BCUT2D eigenvalue weighted by Crippen LogP contribution is -2.30. The van der Waals surface area contributed by atoms with Crippen LogP contribution in [0, 0.1) is 0 Å². The number of ether oxygens (including phenoxy) is 3. The summed E-state index contributed by atoms with van der Waals surface area (Å²) < 4.78 is 16.6. The van der Waals surface area contributed by atoms with Gasteiger partial charge < -0.3 is 14.2 Å². The number of hydrogen-bond donors (Lipinski definition) is 0. The molecule has 0 saturated carbocycles. The standard InChI is InChI=1S/C55H78O6/c1-4-7-10-13-16-19-22-25-27-30-33-36-39-42-45-48-54(57)60-51-52(50-59-53(56)47-44-41-38-35-32-29-24-21-18-15-12-9-6-3)61-55(58)49-46-43-40-37-34-31-28-26-23-20-17-14-11-8-5-2/h7-30,32-33,35,38,52H,4-6,31,34,36-37,39-51H2,1-3H3/b10-7+,11-8+,12-9+,16-13+,17-14+,18-15+,22-19+,23-20+,24-21+,27-25+,28-26+,32-29+,33-30+,38-35+. The van der Waals surface area contributed by atoms with Crippen molar-refractivity contribution in [1.82, 2.24) is 0 Å². The number of esters is 3. The van der Waals surface area contributed by atoms with Gasteiger partial charge in [0.15, 0.2) is 6.10 Å². The van der Waals surface area contributed by atoms with Gasteiger partial charge in [-0.3, -0.25) is 14.4 Å². The highest BCUT2D eigenvalue weighted by atomic mass is 16.6. The van der Waals surface area contributed by atoms with Gasteiger partial charge in [0, 0.05) is 19.3 Å². The molecule has 0 aromatic heterocycles. The van der Waals surface area contributed by atoms with E-state index in [2.05, 4.69) is 57.2 Å². The minimum atomic E-state index is -0.845. The van der Waals surface area contributed by atoms with E-state index in [0.29, 0.717) is 19.3 Å². The summed E-state index contributed by atoms with van der Waals surface area (Å²) in [4.78, 5) is 37.8. The van der Waals surface area contributed by atoms with Crippen molar-refractivity contribution in [2.24, 2.45) is 0 Å². The first-order chi connectivity index (χ1) is 30.0. The van der Waals surface area contributed by atoms with E-state index < -0.39 is 6.10 Å². The van der Waals surface area contributed by atoms with E-state index in [-0.39, 0.29) is 50.4 Å². The Labute approximate surface area is 371 Å². The fourth-order valence-electron chi connectivity index (χ4n) is 5.21. The molecule has 0 spiro atoms. The summed E-state index contributed by atoms with van der Waals surface area (Å²) in [6.45, 7) is 6.03. The van der Waals surface area contributed by atoms with Crippen LogP contribution in [0.4, 0.5) is 0 Å². The van der Waals surface area contributed by atoms with Gasteiger partial charge in [-0.2, -0.15) is 0 Å². The third-order valence-electron chi connectivity index (χ3n) is 8.55. The Hall–Kier alpha value is -5.23. The van der Waals surface area contributed by atoms with Crippen LogP contribution < -0.4 is 0 Å². The smallest absolute Gasteiger partial charge is 0.306 e. The highest BCUT2D eigenvalue weighted by Gasteiger charge is 2.19. The van der Waals surface area contributed by atoms with Gasteiger partial charge in [-0.25, -0.2) is 0 Å². The van der Waals surface area contributed by atoms with E-state index in [9.17, 15) is 14.4 Å². The summed E-state index contributed by atoms with van der Waals surface area (Å²) in [5.41, 5.74) is 0. The van der Waals surface area contributed by atoms with Crippen LogP contribution in [0.1, 0.15) is 136 Å². The van der Waals surface area contributed by atoms with Crippen LogP contribution in [0.5, 0.6) is 0 Å². The van der Waals surface area contributed by atoms with Crippen LogP contribution >= 0.6 is 0 Å². The molecule has 0 fully saturated rings. The zero-order valence-corrected chi connectivity index (χ0v) is 37.8. The third-order valence-corrected chi connectivity index (χ3v) is 8.55. The molecule has 1 atom stereocenters. The Morgan fingerprint density at radius 1 is 0.328 bits per heavy atom. The molecule has 6 heteroatoms. The summed E-state index contributed by atoms with van der Waals surface area (Å²) in [6.07, 6.45) is 70.5. The van der Waals surface area contributed by atoms with Gasteiger partial charge in [0.1, 0.15) is 13.2 Å². The average Bonchev–Trinajstić information content (AvgIpc) is 3.26. The van der Waals surface area contributed by atoms with E-state index in [1.165, 1.54) is 0 Å². The first-order valence-corrected chi connectivity index (χ1v) is 22.8. The van der Waals surface area contributed by atoms with Crippen LogP contribution in [-0.2, 0) is 28.6 Å². The maximum absolute atomic E-state index is 12.7. The highest BCUT2D eigenvalue weighted by molar-refractivity contribution is 5.71. The van der Waals surface area contributed by atoms with E-state index in [4.69, 9.17) is 14.2 Å². The predicted octanol–water partition coefficient (Wildman–Crippen LogP) is 14.9. The zero-order valence-electron chi connectivity index (χ0n) is 37.8. The van der Waals surface area contributed by atoms with Crippen molar-refractivity contribution < 1.29 is 28.6 Å². The van der Waals surface area contributed by atoms with Gasteiger partial charge in [0.25, 0.3) is 0 Å². The molecule has 0 aromatic rings. The molecule has 0 amide bonds. The molecule has 0 bridgehead atoms. The lowest BCUT2D eigenvalue weighted by Gasteiger charge is -2.18. The quantitative estimate of drug-likeness (QED) is 0.0268. The van der Waals surface area contributed by atoms with E-state index in [1.807, 2.05) is 134 Å². The van der Waals surface area contributed by atoms with Crippen LogP contribution in [0.25, 0.3) is 0 Å². The fraction of sp³-hybridized carbons (Fsp3) is 0.436. The van der Waals surface area contributed by atoms with E-state index >= 15 is 0 Å². The monoisotopic (exact) mass is 835 g/mol. The summed E-state index contributed by atoms with van der Waals surface area (Å²) in [6, 6.07) is 0. The minimum absolute atomic E-state index is 0.143. The molecule has 334 valence electrons. The van der Waals surface area contributed by atoms with Gasteiger partial charge in [-0.15, -0.1) is 0 Å². The van der Waals surface area contributed by atoms with Crippen LogP contribution in [0.2, 0.25) is 0 Å². The molecule has 0 aromatic carbocycles. The molecule has 0 aliphatic heterocycles. The molecule has 0 saturated heterocycles. The Bertz CT molecular complexity index is 1520. The Morgan fingerprint density at radius 2 is 0.607 bits per heavy atom. The third kappa shape index (κ3) is 45.7. The van der Waals surface area contributed by atoms with Crippen molar-refractivity contribution >= 4 is 17.9 Å². The Kier molecular flexibility index (Phi) is 43.4. The van der Waals surface area contributed by atoms with Gasteiger partial charge in [-0.1, -0.05) is 217 Å². The first kappa shape index (κ1) is 55.8. The summed E-state index contributed by atoms with van der Waals surface area (Å²) in [5, 5.41) is 0. The molecule has 0 radical (unpaired) electrons. The van der Waals surface area contributed by atoms with Gasteiger partial charge in [-0.05, 0) is 70.6 Å². The molecule has 6 nitrogen and oxygen atoms in total. The van der Waals surface area contributed by atoms with Gasteiger partial charge in [0.2, 0.25) is 0 Å². The maximum Gasteiger partial charge on any atom is 0.306 e. The number of unbranched alkanes of at least 4 members (excludes halogenated alkanes) is 9. The molecule has 0 rings (SSSR count). The number of rotatable bonds is 37. The number of carbonyl (C=O) groups is 3. The Balaban J connectivity index is 4.68. The summed E-state index contributed by atoms with van der Waals surface area (Å²) >= 11 is 0. The second-order valence-electron chi connectivity index (χ2n) is 14.1. The fourth-order valence-corrected chi connectivity index (χ4v) is 5.21. The number of hydrogen-bond acceptors (Lipinski definition) is 6. The lowest BCUT2D eigenvalue weighted by molar-refractivity contribution is -0.167. The minimum Gasteiger partial charge on any atom is -0.462 e. The molecule has 0 aliphatic carbocycles. The van der Waals surface area contributed by atoms with Crippen molar-refractivity contribution in [3.63, 3.8) is 0 Å². The topological polar surface area (TPSA) is 78.9 Å². The van der Waals surface area contributed by atoms with Crippen LogP contribution in [0.15, 0.2) is 170 Å². The SMILES string of the molecule is CC/C=C/C=C/C=C/C=C/C=C/CCCCCC(=O)OCC(COC(=O)CCC/C=C/C=C/C=C/C=C/C=C/CC)OC(=O)CCCCCCC/C=C/C=C/C=C/C=C/CC. The van der Waals surface area contributed by atoms with Crippen molar-refractivity contribution in [2.75, 3.05) is 13.2 Å². The molecule has 0 aliphatic rings. The second kappa shape index (κ2) is 47.4. The van der Waals surface area contributed by atoms with Gasteiger partial charge in [0.05, 0.1) is 0 Å². The van der Waals surface area contributed by atoms with Crippen LogP contribution in [-0.4, -0.2) is 37.2 Å².